The molecule has 1 saturated heterocycles. The highest BCUT2D eigenvalue weighted by Gasteiger charge is 2.60. The zero-order valence-corrected chi connectivity index (χ0v) is 16.8. The first-order chi connectivity index (χ1) is 13.5. The topological polar surface area (TPSA) is 105 Å². The fourth-order valence-electron chi connectivity index (χ4n) is 3.63. The molecule has 0 N–H and O–H groups in total. The van der Waals surface area contributed by atoms with Gasteiger partial charge in [-0.3, -0.25) is 4.79 Å². The fourth-order valence-corrected chi connectivity index (χ4v) is 3.63. The van der Waals surface area contributed by atoms with E-state index in [-0.39, 0.29) is 11.7 Å². The van der Waals surface area contributed by atoms with Crippen LogP contribution in [0.15, 0.2) is 33.5 Å². The van der Waals surface area contributed by atoms with Gasteiger partial charge in [0.25, 0.3) is 0 Å². The number of carbonyl (C=O) groups excluding carboxylic acids is 2. The molecule has 2 aliphatic heterocycles. The third-order valence-corrected chi connectivity index (χ3v) is 5.48. The summed E-state index contributed by atoms with van der Waals surface area (Å²) < 4.78 is 28.2. The summed E-state index contributed by atoms with van der Waals surface area (Å²) in [6.45, 7) is 8.13. The van der Waals surface area contributed by atoms with Crippen molar-refractivity contribution < 1.29 is 33.0 Å². The van der Waals surface area contributed by atoms with Crippen LogP contribution in [0.1, 0.15) is 46.3 Å². The minimum atomic E-state index is -1.05. The van der Waals surface area contributed by atoms with Crippen molar-refractivity contribution in [2.45, 2.75) is 64.1 Å². The van der Waals surface area contributed by atoms with Gasteiger partial charge in [-0.15, -0.1) is 0 Å². The van der Waals surface area contributed by atoms with E-state index in [0.717, 1.165) is 0 Å². The third-order valence-electron chi connectivity index (χ3n) is 5.48. The number of fused-ring (bicyclic) bond motifs is 3. The second kappa shape index (κ2) is 6.32. The molecule has 2 aliphatic rings. The zero-order valence-electron chi connectivity index (χ0n) is 16.8. The highest BCUT2D eigenvalue weighted by atomic mass is 16.7. The van der Waals surface area contributed by atoms with E-state index < -0.39 is 41.0 Å². The maximum Gasteiger partial charge on any atom is 0.341 e. The van der Waals surface area contributed by atoms with E-state index in [4.69, 9.17) is 23.4 Å². The van der Waals surface area contributed by atoms with Crippen LogP contribution in [0, 0.1) is 0 Å². The zero-order chi connectivity index (χ0) is 21.1. The molecule has 154 valence electrons. The van der Waals surface area contributed by atoms with Gasteiger partial charge in [-0.1, -0.05) is 0 Å². The number of epoxide rings is 1. The van der Waals surface area contributed by atoms with Crippen LogP contribution in [0.25, 0.3) is 11.0 Å². The number of ether oxygens (including phenoxy) is 4. The van der Waals surface area contributed by atoms with Crippen LogP contribution in [-0.4, -0.2) is 35.3 Å². The lowest BCUT2D eigenvalue weighted by molar-refractivity contribution is -0.192. The van der Waals surface area contributed by atoms with Crippen molar-refractivity contribution in [3.05, 3.63) is 40.2 Å². The Morgan fingerprint density at radius 2 is 1.72 bits per heavy atom. The highest BCUT2D eigenvalue weighted by Crippen LogP contribution is 2.47. The van der Waals surface area contributed by atoms with Crippen molar-refractivity contribution in [2.24, 2.45) is 0 Å². The molecule has 1 aromatic heterocycles. The monoisotopic (exact) mass is 402 g/mol. The van der Waals surface area contributed by atoms with E-state index in [2.05, 4.69) is 0 Å². The van der Waals surface area contributed by atoms with Gasteiger partial charge in [0.2, 0.25) is 0 Å². The Kier molecular flexibility index (Phi) is 4.24. The lowest BCUT2D eigenvalue weighted by Crippen LogP contribution is -2.53. The Morgan fingerprint density at radius 3 is 2.34 bits per heavy atom. The van der Waals surface area contributed by atoms with Crippen LogP contribution in [0.2, 0.25) is 0 Å². The van der Waals surface area contributed by atoms with Crippen molar-refractivity contribution in [1.82, 2.24) is 0 Å². The number of hydrogen-bond acceptors (Lipinski definition) is 8. The van der Waals surface area contributed by atoms with Crippen LogP contribution in [-0.2, 0) is 23.8 Å². The second-order valence-electron chi connectivity index (χ2n) is 8.08. The lowest BCUT2D eigenvalue weighted by atomic mass is 9.87. The van der Waals surface area contributed by atoms with Gasteiger partial charge in [-0.05, 0) is 45.9 Å². The summed E-state index contributed by atoms with van der Waals surface area (Å²) in [5.74, 6) is -0.760. The molecule has 1 fully saturated rings. The molecule has 0 aliphatic carbocycles. The maximum absolute atomic E-state index is 12.7. The first-order valence-corrected chi connectivity index (χ1v) is 9.35. The molecule has 2 aromatic rings. The summed E-state index contributed by atoms with van der Waals surface area (Å²) in [5.41, 5.74) is -2.07. The smallest absolute Gasteiger partial charge is 0.341 e. The van der Waals surface area contributed by atoms with Gasteiger partial charge in [0.05, 0.1) is 11.7 Å². The van der Waals surface area contributed by atoms with Crippen LogP contribution in [0.3, 0.4) is 0 Å². The molecule has 8 heteroatoms. The standard InChI is InChI=1S/C21H22O8/c1-10-21(5,28-10)19(24)27-18-17(25-11(2)22)15-13(29-20(18,3)4)8-6-12-7-9-14(23)26-16(12)15/h6-10,17-18H,1-5H3/t10-,17+,18+,21+/m0/s1. The average Bonchev–Trinajstić information content (AvgIpc) is 3.24. The Hall–Kier alpha value is -2.87. The van der Waals surface area contributed by atoms with Crippen LogP contribution < -0.4 is 10.4 Å². The first-order valence-electron chi connectivity index (χ1n) is 9.35. The minimum Gasteiger partial charge on any atom is -0.483 e. The van der Waals surface area contributed by atoms with Crippen molar-refractivity contribution in [1.29, 1.82) is 0 Å². The molecule has 8 nitrogen and oxygen atoms in total. The molecule has 0 amide bonds. The van der Waals surface area contributed by atoms with E-state index in [1.807, 2.05) is 0 Å². The molecule has 4 atom stereocenters. The summed E-state index contributed by atoms with van der Waals surface area (Å²) in [5, 5.41) is 0.625. The molecule has 1 aromatic carbocycles. The van der Waals surface area contributed by atoms with E-state index in [0.29, 0.717) is 16.7 Å². The molecule has 4 rings (SSSR count). The van der Waals surface area contributed by atoms with Crippen LogP contribution >= 0.6 is 0 Å². The molecule has 3 heterocycles. The average molecular weight is 402 g/mol. The predicted molar refractivity (Wildman–Crippen MR) is 101 cm³/mol. The maximum atomic E-state index is 12.7. The van der Waals surface area contributed by atoms with Crippen molar-refractivity contribution in [3.63, 3.8) is 0 Å². The summed E-state index contributed by atoms with van der Waals surface area (Å²) >= 11 is 0. The Balaban J connectivity index is 1.85. The molecule has 0 bridgehead atoms. The Labute approximate surface area is 166 Å². The van der Waals surface area contributed by atoms with Gasteiger partial charge in [0.1, 0.15) is 16.9 Å². The van der Waals surface area contributed by atoms with Crippen LogP contribution in [0.5, 0.6) is 5.75 Å². The van der Waals surface area contributed by atoms with Gasteiger partial charge < -0.3 is 23.4 Å². The van der Waals surface area contributed by atoms with Gasteiger partial charge in [0, 0.05) is 18.4 Å². The summed E-state index contributed by atoms with van der Waals surface area (Å²) in [4.78, 5) is 36.5. The van der Waals surface area contributed by atoms with Gasteiger partial charge in [0.15, 0.2) is 17.8 Å². The molecule has 0 spiro atoms. The van der Waals surface area contributed by atoms with E-state index in [1.165, 1.54) is 13.0 Å². The Morgan fingerprint density at radius 1 is 1.07 bits per heavy atom. The quantitative estimate of drug-likeness (QED) is 0.438. The van der Waals surface area contributed by atoms with Crippen molar-refractivity contribution in [3.8, 4) is 5.75 Å². The van der Waals surface area contributed by atoms with Crippen molar-refractivity contribution >= 4 is 22.9 Å². The number of hydrogen-bond donors (Lipinski definition) is 0. The van der Waals surface area contributed by atoms with E-state index >= 15 is 0 Å². The molecule has 0 radical (unpaired) electrons. The highest BCUT2D eigenvalue weighted by molar-refractivity contribution is 5.85. The van der Waals surface area contributed by atoms with Gasteiger partial charge in [-0.2, -0.15) is 0 Å². The van der Waals surface area contributed by atoms with Crippen LogP contribution in [0.4, 0.5) is 0 Å². The summed E-state index contributed by atoms with van der Waals surface area (Å²) in [6.07, 6.45) is -2.29. The van der Waals surface area contributed by atoms with Crippen molar-refractivity contribution in [2.75, 3.05) is 0 Å². The number of esters is 2. The minimum absolute atomic E-state index is 0.222. The molecular weight excluding hydrogens is 380 g/mol. The largest absolute Gasteiger partial charge is 0.483 e. The number of rotatable bonds is 3. The van der Waals surface area contributed by atoms with Gasteiger partial charge >= 0.3 is 17.6 Å². The normalized spacial score (nSPS) is 29.5. The molecule has 0 unspecified atom stereocenters. The first kappa shape index (κ1) is 19.4. The third kappa shape index (κ3) is 3.17. The fraction of sp³-hybridized carbons (Fsp3) is 0.476. The second-order valence-corrected chi connectivity index (χ2v) is 8.08. The SMILES string of the molecule is CC(=O)O[C@@H]1c2c(ccc3ccc(=O)oc23)OC(C)(C)[C@@H]1OC(=O)[C@]1(C)O[C@H]1C. The van der Waals surface area contributed by atoms with E-state index in [9.17, 15) is 14.4 Å². The summed E-state index contributed by atoms with van der Waals surface area (Å²) in [6, 6.07) is 6.35. The Bertz CT molecular complexity index is 1070. The summed E-state index contributed by atoms with van der Waals surface area (Å²) in [7, 11) is 0. The molecule has 0 saturated carbocycles. The van der Waals surface area contributed by atoms with E-state index in [1.54, 1.807) is 45.9 Å². The lowest BCUT2D eigenvalue weighted by Gasteiger charge is -2.43. The predicted octanol–water partition coefficient (Wildman–Crippen LogP) is 2.66. The number of benzene rings is 1. The number of carbonyl (C=O) groups is 2. The molecular formula is C21H22O8. The molecule has 29 heavy (non-hydrogen) atoms. The van der Waals surface area contributed by atoms with Gasteiger partial charge in [-0.25, -0.2) is 9.59 Å².